The zero-order chi connectivity index (χ0) is 27.1. The zero-order valence-corrected chi connectivity index (χ0v) is 22.3. The normalized spacial score (nSPS) is 13.4. The van der Waals surface area contributed by atoms with E-state index >= 15 is 0 Å². The minimum Gasteiger partial charge on any atom is -0.469 e. The molecule has 0 atom stereocenters. The maximum Gasteiger partial charge on any atom is 0.305 e. The topological polar surface area (TPSA) is 118 Å². The summed E-state index contributed by atoms with van der Waals surface area (Å²) < 4.78 is 6.71. The predicted molar refractivity (Wildman–Crippen MR) is 147 cm³/mol. The lowest BCUT2D eigenvalue weighted by Gasteiger charge is -2.19. The molecule has 10 heteroatoms. The third-order valence-corrected chi connectivity index (χ3v) is 6.83. The van der Waals surface area contributed by atoms with Crippen LogP contribution in [0, 0.1) is 0 Å². The zero-order valence-electron chi connectivity index (χ0n) is 22.3. The first-order valence-electron chi connectivity index (χ1n) is 13.2. The molecule has 0 saturated heterocycles. The van der Waals surface area contributed by atoms with E-state index in [4.69, 9.17) is 4.98 Å². The number of nitrogens with zero attached hydrogens (tertiary/aromatic N) is 4. The maximum atomic E-state index is 12.9. The molecular weight excluding hydrogens is 484 g/mol. The molecule has 4 rings (SSSR count). The molecule has 2 amide bonds. The van der Waals surface area contributed by atoms with Gasteiger partial charge in [0.25, 0.3) is 5.91 Å². The van der Waals surface area contributed by atoms with Crippen LogP contribution in [0.3, 0.4) is 0 Å². The van der Waals surface area contributed by atoms with E-state index in [0.717, 1.165) is 48.8 Å². The highest BCUT2D eigenvalue weighted by Gasteiger charge is 2.26. The average molecular weight is 521 g/mol. The van der Waals surface area contributed by atoms with Crippen LogP contribution in [0.25, 0.3) is 11.0 Å². The second kappa shape index (κ2) is 12.5. The number of carbonyl (C=O) groups is 3. The lowest BCUT2D eigenvalue weighted by Crippen LogP contribution is -2.25. The second-order valence-electron chi connectivity index (χ2n) is 9.90. The molecule has 1 aliphatic carbocycles. The van der Waals surface area contributed by atoms with Gasteiger partial charge in [0.15, 0.2) is 0 Å². The molecule has 3 aromatic rings. The van der Waals surface area contributed by atoms with Crippen LogP contribution < -0.4 is 10.6 Å². The molecule has 0 bridgehead atoms. The van der Waals surface area contributed by atoms with Crippen molar-refractivity contribution in [3.05, 3.63) is 42.2 Å². The number of hydrogen-bond acceptors (Lipinski definition) is 7. The van der Waals surface area contributed by atoms with E-state index < -0.39 is 0 Å². The number of carbonyl (C=O) groups excluding carboxylic acids is 3. The number of methoxy groups -OCH3 is 1. The van der Waals surface area contributed by atoms with Crippen LogP contribution in [0.4, 0.5) is 17.3 Å². The van der Waals surface area contributed by atoms with Crippen LogP contribution in [0.1, 0.15) is 74.3 Å². The van der Waals surface area contributed by atoms with Gasteiger partial charge in [0, 0.05) is 55.9 Å². The van der Waals surface area contributed by atoms with Crippen molar-refractivity contribution in [3.8, 4) is 0 Å². The Morgan fingerprint density at radius 1 is 1.03 bits per heavy atom. The van der Waals surface area contributed by atoms with Gasteiger partial charge in [-0.15, -0.1) is 0 Å². The predicted octanol–water partition coefficient (Wildman–Crippen LogP) is 5.05. The molecule has 0 radical (unpaired) electrons. The number of rotatable bonds is 11. The second-order valence-corrected chi connectivity index (χ2v) is 9.90. The van der Waals surface area contributed by atoms with Gasteiger partial charge >= 0.3 is 5.97 Å². The van der Waals surface area contributed by atoms with Gasteiger partial charge in [0.05, 0.1) is 7.11 Å². The van der Waals surface area contributed by atoms with E-state index in [1.807, 2.05) is 30.3 Å². The molecule has 1 aliphatic rings. The molecule has 1 fully saturated rings. The number of hydrogen-bond donors (Lipinski definition) is 2. The standard InChI is InChI=1S/C28H36N6O4/c1-33(2)27(37)23-17-19-18-29-28(32-26(19)34(23)22-9-7-8-10-22)31-21-15-13-20(14-16-21)30-24(35)11-5-4-6-12-25(36)38-3/h13-18,22H,4-12H2,1-3H3,(H,30,35)(H,29,31,32). The highest BCUT2D eigenvalue weighted by atomic mass is 16.5. The Hall–Kier alpha value is -3.95. The number of ether oxygens (including phenoxy) is 1. The van der Waals surface area contributed by atoms with E-state index in [0.29, 0.717) is 43.0 Å². The lowest BCUT2D eigenvalue weighted by atomic mass is 10.1. The number of esters is 1. The maximum absolute atomic E-state index is 12.9. The third kappa shape index (κ3) is 6.67. The summed E-state index contributed by atoms with van der Waals surface area (Å²) in [5.41, 5.74) is 2.89. The summed E-state index contributed by atoms with van der Waals surface area (Å²) in [4.78, 5) is 47.1. The number of fused-ring (bicyclic) bond motifs is 1. The van der Waals surface area contributed by atoms with Gasteiger partial charge in [-0.25, -0.2) is 4.98 Å². The molecule has 38 heavy (non-hydrogen) atoms. The highest BCUT2D eigenvalue weighted by Crippen LogP contribution is 2.35. The van der Waals surface area contributed by atoms with E-state index in [1.165, 1.54) is 7.11 Å². The SMILES string of the molecule is COC(=O)CCCCCC(=O)Nc1ccc(Nc2ncc3cc(C(=O)N(C)C)n(C4CCCC4)c3n2)cc1. The fraction of sp³-hybridized carbons (Fsp3) is 0.464. The summed E-state index contributed by atoms with van der Waals surface area (Å²) in [6.45, 7) is 0. The van der Waals surface area contributed by atoms with E-state index in [9.17, 15) is 14.4 Å². The number of anilines is 3. The van der Waals surface area contributed by atoms with Crippen molar-refractivity contribution >= 4 is 46.1 Å². The summed E-state index contributed by atoms with van der Waals surface area (Å²) in [6.07, 6.45) is 9.12. The Morgan fingerprint density at radius 2 is 1.71 bits per heavy atom. The van der Waals surface area contributed by atoms with Crippen molar-refractivity contribution in [2.24, 2.45) is 0 Å². The van der Waals surface area contributed by atoms with Gasteiger partial charge in [-0.1, -0.05) is 19.3 Å². The fourth-order valence-corrected chi connectivity index (χ4v) is 4.82. The van der Waals surface area contributed by atoms with Crippen molar-refractivity contribution in [1.29, 1.82) is 0 Å². The van der Waals surface area contributed by atoms with Crippen LogP contribution in [0.5, 0.6) is 0 Å². The average Bonchev–Trinajstić information content (AvgIpc) is 3.56. The monoisotopic (exact) mass is 520 g/mol. The Morgan fingerprint density at radius 3 is 2.39 bits per heavy atom. The largest absolute Gasteiger partial charge is 0.469 e. The molecule has 1 saturated carbocycles. The number of unbranched alkanes of at least 4 members (excludes halogenated alkanes) is 2. The fourth-order valence-electron chi connectivity index (χ4n) is 4.82. The summed E-state index contributed by atoms with van der Waals surface area (Å²) in [6, 6.07) is 9.50. The minimum atomic E-state index is -0.222. The summed E-state index contributed by atoms with van der Waals surface area (Å²) >= 11 is 0. The van der Waals surface area contributed by atoms with E-state index in [2.05, 4.69) is 24.9 Å². The molecule has 202 valence electrons. The third-order valence-electron chi connectivity index (χ3n) is 6.83. The van der Waals surface area contributed by atoms with Crippen molar-refractivity contribution in [2.45, 2.75) is 63.8 Å². The van der Waals surface area contributed by atoms with Crippen LogP contribution in [0.2, 0.25) is 0 Å². The molecule has 0 unspecified atom stereocenters. The minimum absolute atomic E-state index is 0.0387. The van der Waals surface area contributed by atoms with Gasteiger partial charge < -0.3 is 24.8 Å². The smallest absolute Gasteiger partial charge is 0.305 e. The summed E-state index contributed by atoms with van der Waals surface area (Å²) in [5, 5.41) is 6.98. The first-order valence-corrected chi connectivity index (χ1v) is 13.2. The van der Waals surface area contributed by atoms with Crippen molar-refractivity contribution in [2.75, 3.05) is 31.8 Å². The number of aromatic nitrogens is 3. The quantitative estimate of drug-likeness (QED) is 0.268. The van der Waals surface area contributed by atoms with Gasteiger partial charge in [-0.3, -0.25) is 14.4 Å². The Labute approximate surface area is 222 Å². The van der Waals surface area contributed by atoms with Gasteiger partial charge in [0.2, 0.25) is 11.9 Å². The Kier molecular flexibility index (Phi) is 8.93. The molecule has 10 nitrogen and oxygen atoms in total. The molecule has 2 N–H and O–H groups in total. The van der Waals surface area contributed by atoms with Crippen molar-refractivity contribution in [1.82, 2.24) is 19.4 Å². The summed E-state index contributed by atoms with van der Waals surface area (Å²) in [7, 11) is 4.90. The van der Waals surface area contributed by atoms with Crippen molar-refractivity contribution in [3.63, 3.8) is 0 Å². The molecule has 0 aliphatic heterocycles. The van der Waals surface area contributed by atoms with Crippen molar-refractivity contribution < 1.29 is 19.1 Å². The number of benzene rings is 1. The molecule has 1 aromatic carbocycles. The molecule has 2 heterocycles. The molecule has 0 spiro atoms. The number of nitrogens with one attached hydrogen (secondary N) is 2. The van der Waals surface area contributed by atoms with Gasteiger partial charge in [0.1, 0.15) is 11.3 Å². The van der Waals surface area contributed by atoms with Gasteiger partial charge in [-0.2, -0.15) is 4.98 Å². The van der Waals surface area contributed by atoms with Crippen LogP contribution in [-0.4, -0.2) is 58.4 Å². The Bertz CT molecular complexity index is 1280. The lowest BCUT2D eigenvalue weighted by molar-refractivity contribution is -0.140. The van der Waals surface area contributed by atoms with Crippen LogP contribution >= 0.6 is 0 Å². The summed E-state index contributed by atoms with van der Waals surface area (Å²) in [5.74, 6) is 0.124. The Balaban J connectivity index is 1.39. The first kappa shape index (κ1) is 27.1. The van der Waals surface area contributed by atoms with Gasteiger partial charge in [-0.05, 0) is 56.0 Å². The molecule has 2 aromatic heterocycles. The van der Waals surface area contributed by atoms with E-state index in [1.54, 1.807) is 25.2 Å². The number of amides is 2. The van der Waals surface area contributed by atoms with Crippen LogP contribution in [0.15, 0.2) is 36.5 Å². The van der Waals surface area contributed by atoms with E-state index in [-0.39, 0.29) is 23.8 Å². The van der Waals surface area contributed by atoms with Crippen LogP contribution in [-0.2, 0) is 14.3 Å². The first-order chi connectivity index (χ1) is 18.4. The highest BCUT2D eigenvalue weighted by molar-refractivity contribution is 5.98. The molecular formula is C28H36N6O4.